The van der Waals surface area contributed by atoms with Gasteiger partial charge >= 0.3 is 0 Å². The van der Waals surface area contributed by atoms with Crippen LogP contribution in [0.4, 0.5) is 5.69 Å². The number of anilines is 1. The van der Waals surface area contributed by atoms with Crippen LogP contribution in [-0.4, -0.2) is 55.5 Å². The van der Waals surface area contributed by atoms with Gasteiger partial charge in [-0.1, -0.05) is 53.6 Å². The molecule has 0 unspecified atom stereocenters. The summed E-state index contributed by atoms with van der Waals surface area (Å²) in [5.74, 6) is -0.0929. The number of amides is 1. The van der Waals surface area contributed by atoms with Crippen LogP contribution in [0.3, 0.4) is 0 Å². The van der Waals surface area contributed by atoms with Gasteiger partial charge in [-0.2, -0.15) is 0 Å². The average Bonchev–Trinajstić information content (AvgIpc) is 2.86. The lowest BCUT2D eigenvalue weighted by molar-refractivity contribution is 0.102. The zero-order valence-electron chi connectivity index (χ0n) is 19.6. The third kappa shape index (κ3) is 5.41. The molecule has 174 valence electrons. The highest BCUT2D eigenvalue weighted by atomic mass is 35.5. The first kappa shape index (κ1) is 22.9. The summed E-state index contributed by atoms with van der Waals surface area (Å²) in [6, 6.07) is 21.6. The lowest BCUT2D eigenvalue weighted by atomic mass is 9.91. The number of piperazine rings is 1. The molecule has 0 saturated carbocycles. The van der Waals surface area contributed by atoms with E-state index in [-0.39, 0.29) is 5.91 Å². The molecule has 3 aromatic rings. The summed E-state index contributed by atoms with van der Waals surface area (Å²) < 4.78 is 0. The zero-order valence-corrected chi connectivity index (χ0v) is 20.3. The van der Waals surface area contributed by atoms with Crippen molar-refractivity contribution in [2.45, 2.75) is 12.8 Å². The monoisotopic (exact) mass is 471 g/mol. The molecule has 5 heteroatoms. The highest BCUT2D eigenvalue weighted by Gasteiger charge is 2.18. The predicted molar refractivity (Wildman–Crippen MR) is 142 cm³/mol. The van der Waals surface area contributed by atoms with Crippen LogP contribution in [0.1, 0.15) is 27.9 Å². The molecule has 5 rings (SSSR count). The second-order valence-corrected chi connectivity index (χ2v) is 9.77. The van der Waals surface area contributed by atoms with Crippen LogP contribution < -0.4 is 5.32 Å². The molecular weight excluding hydrogens is 442 g/mol. The molecule has 3 aromatic carbocycles. The van der Waals surface area contributed by atoms with Crippen molar-refractivity contribution in [1.82, 2.24) is 9.80 Å². The first-order chi connectivity index (χ1) is 16.5. The minimum Gasteiger partial charge on any atom is -0.322 e. The number of hydrogen-bond donors (Lipinski definition) is 1. The number of nitrogens with zero attached hydrogens (tertiary/aromatic N) is 2. The fraction of sp³-hybridized carbons (Fsp3) is 0.276. The lowest BCUT2D eigenvalue weighted by Crippen LogP contribution is -2.45. The summed E-state index contributed by atoms with van der Waals surface area (Å²) in [5.41, 5.74) is 7.71. The molecule has 1 heterocycles. The normalized spacial score (nSPS) is 16.6. The minimum atomic E-state index is -0.0929. The second-order valence-electron chi connectivity index (χ2n) is 9.33. The maximum atomic E-state index is 12.8. The quantitative estimate of drug-likeness (QED) is 0.508. The van der Waals surface area contributed by atoms with Gasteiger partial charge in [0.2, 0.25) is 0 Å². The largest absolute Gasteiger partial charge is 0.322 e. The third-order valence-electron chi connectivity index (χ3n) is 6.82. The molecule has 0 bridgehead atoms. The third-order valence-corrected chi connectivity index (χ3v) is 7.08. The van der Waals surface area contributed by atoms with Gasteiger partial charge in [-0.15, -0.1) is 0 Å². The van der Waals surface area contributed by atoms with Crippen molar-refractivity contribution in [2.24, 2.45) is 0 Å². The van der Waals surface area contributed by atoms with Crippen LogP contribution >= 0.6 is 11.6 Å². The van der Waals surface area contributed by atoms with Crippen molar-refractivity contribution in [3.05, 3.63) is 94.0 Å². The lowest BCUT2D eigenvalue weighted by Gasteiger charge is -2.33. The summed E-state index contributed by atoms with van der Waals surface area (Å²) in [5, 5.41) is 3.78. The molecule has 2 aliphatic rings. The van der Waals surface area contributed by atoms with E-state index in [9.17, 15) is 4.79 Å². The molecule has 1 saturated heterocycles. The Morgan fingerprint density at radius 3 is 2.26 bits per heavy atom. The number of benzene rings is 3. The van der Waals surface area contributed by atoms with E-state index in [1.54, 1.807) is 0 Å². The van der Waals surface area contributed by atoms with E-state index < -0.39 is 0 Å². The predicted octanol–water partition coefficient (Wildman–Crippen LogP) is 5.84. The molecule has 1 amide bonds. The van der Waals surface area contributed by atoms with Gasteiger partial charge in [0.15, 0.2) is 0 Å². The highest BCUT2D eigenvalue weighted by molar-refractivity contribution is 6.30. The summed E-state index contributed by atoms with van der Waals surface area (Å²) in [7, 11) is 2.19. The van der Waals surface area contributed by atoms with Gasteiger partial charge < -0.3 is 10.2 Å². The number of fused-ring (bicyclic) bond motifs is 1. The van der Waals surface area contributed by atoms with Gasteiger partial charge in [0.25, 0.3) is 5.91 Å². The van der Waals surface area contributed by atoms with E-state index in [0.717, 1.165) is 62.4 Å². The molecule has 1 N–H and O–H groups in total. The molecule has 1 fully saturated rings. The van der Waals surface area contributed by atoms with Gasteiger partial charge in [-0.05, 0) is 78.5 Å². The van der Waals surface area contributed by atoms with E-state index in [2.05, 4.69) is 40.4 Å². The molecule has 0 atom stereocenters. The van der Waals surface area contributed by atoms with E-state index in [1.165, 1.54) is 16.7 Å². The van der Waals surface area contributed by atoms with Gasteiger partial charge in [0.1, 0.15) is 0 Å². The number of hydrogen-bond acceptors (Lipinski definition) is 3. The molecule has 0 radical (unpaired) electrons. The van der Waals surface area contributed by atoms with E-state index >= 15 is 0 Å². The maximum Gasteiger partial charge on any atom is 0.255 e. The Morgan fingerprint density at radius 2 is 1.56 bits per heavy atom. The van der Waals surface area contributed by atoms with Crippen LogP contribution in [0, 0.1) is 0 Å². The number of nitrogens with one attached hydrogen (secondary N) is 1. The molecule has 1 aliphatic carbocycles. The molecule has 34 heavy (non-hydrogen) atoms. The Balaban J connectivity index is 1.22. The van der Waals surface area contributed by atoms with Crippen molar-refractivity contribution in [3.63, 3.8) is 0 Å². The van der Waals surface area contributed by atoms with E-state index in [1.807, 2.05) is 54.6 Å². The topological polar surface area (TPSA) is 35.6 Å². The summed E-state index contributed by atoms with van der Waals surface area (Å²) in [6.45, 7) is 5.66. The first-order valence-corrected chi connectivity index (χ1v) is 12.3. The smallest absolute Gasteiger partial charge is 0.255 e. The molecule has 4 nitrogen and oxygen atoms in total. The summed E-state index contributed by atoms with van der Waals surface area (Å²) in [6.07, 6.45) is 4.45. The van der Waals surface area contributed by atoms with Crippen molar-refractivity contribution >= 4 is 29.3 Å². The average molecular weight is 472 g/mol. The maximum absolute atomic E-state index is 12.8. The molecule has 0 aromatic heterocycles. The molecular formula is C29H30ClN3O. The Labute approximate surface area is 206 Å². The van der Waals surface area contributed by atoms with Crippen LogP contribution in [-0.2, 0) is 6.42 Å². The fourth-order valence-corrected chi connectivity index (χ4v) is 4.83. The van der Waals surface area contributed by atoms with E-state index in [0.29, 0.717) is 10.6 Å². The van der Waals surface area contributed by atoms with Crippen molar-refractivity contribution in [1.29, 1.82) is 0 Å². The fourth-order valence-electron chi connectivity index (χ4n) is 4.71. The van der Waals surface area contributed by atoms with Crippen LogP contribution in [0.25, 0.3) is 17.2 Å². The summed E-state index contributed by atoms with van der Waals surface area (Å²) in [4.78, 5) is 17.8. The van der Waals surface area contributed by atoms with Crippen LogP contribution in [0.2, 0.25) is 5.02 Å². The van der Waals surface area contributed by atoms with Gasteiger partial charge in [0.05, 0.1) is 0 Å². The zero-order chi connectivity index (χ0) is 23.5. The second kappa shape index (κ2) is 10.1. The minimum absolute atomic E-state index is 0.0929. The number of carbonyl (C=O) groups is 1. The molecule has 1 aliphatic heterocycles. The van der Waals surface area contributed by atoms with Crippen molar-refractivity contribution in [3.8, 4) is 11.1 Å². The molecule has 0 spiro atoms. The number of rotatable bonds is 5. The Hall–Kier alpha value is -2.92. The number of halogens is 1. The van der Waals surface area contributed by atoms with Gasteiger partial charge in [-0.25, -0.2) is 0 Å². The van der Waals surface area contributed by atoms with E-state index in [4.69, 9.17) is 11.6 Å². The highest BCUT2D eigenvalue weighted by Crippen LogP contribution is 2.28. The SMILES string of the molecule is CN1CCN(CC2=Cc3ccc(NC(=O)c4ccc(-c5ccc(Cl)cc5)cc4)cc3CC2)CC1. The Morgan fingerprint density at radius 1 is 0.882 bits per heavy atom. The summed E-state index contributed by atoms with van der Waals surface area (Å²) >= 11 is 5.98. The van der Waals surface area contributed by atoms with Crippen LogP contribution in [0.5, 0.6) is 0 Å². The van der Waals surface area contributed by atoms with Crippen molar-refractivity contribution in [2.75, 3.05) is 45.1 Å². The number of aryl methyl sites for hydroxylation is 1. The Bertz CT molecular complexity index is 1190. The Kier molecular flexibility index (Phi) is 6.82. The van der Waals surface area contributed by atoms with Gasteiger partial charge in [-0.3, -0.25) is 9.69 Å². The first-order valence-electron chi connectivity index (χ1n) is 11.9. The van der Waals surface area contributed by atoms with Crippen molar-refractivity contribution < 1.29 is 4.79 Å². The van der Waals surface area contributed by atoms with Crippen LogP contribution in [0.15, 0.2) is 72.3 Å². The standard InChI is InChI=1S/C29H30ClN3O/c1-32-14-16-33(17-15-32)20-21-2-3-26-19-28(13-10-25(26)18-21)31-29(34)24-6-4-22(5-7-24)23-8-11-27(30)12-9-23/h4-13,18-19H,2-3,14-17,20H2,1H3,(H,31,34). The van der Waals surface area contributed by atoms with Gasteiger partial charge in [0, 0.05) is 49.0 Å². The number of likely N-dealkylation sites (N-methyl/N-ethyl adjacent to an activating group) is 1. The number of carbonyl (C=O) groups excluding carboxylic acids is 1.